The second-order valence-electron chi connectivity index (χ2n) is 5.87. The summed E-state index contributed by atoms with van der Waals surface area (Å²) in [5.74, 6) is -0.246. The Morgan fingerprint density at radius 1 is 1.24 bits per heavy atom. The molecule has 130 valence electrons. The molecule has 1 fully saturated rings. The Hall–Kier alpha value is -2.89. The molecule has 1 atom stereocenters. The van der Waals surface area contributed by atoms with Gasteiger partial charge >= 0.3 is 0 Å². The van der Waals surface area contributed by atoms with Gasteiger partial charge in [0.1, 0.15) is 17.6 Å². The molecule has 2 aromatic rings. The lowest BCUT2D eigenvalue weighted by Gasteiger charge is -2.17. The molecule has 0 saturated carbocycles. The minimum Gasteiger partial charge on any atom is -0.497 e. The molecular formula is C19H19FN2O3. The van der Waals surface area contributed by atoms with Crippen molar-refractivity contribution < 1.29 is 18.7 Å². The van der Waals surface area contributed by atoms with Crippen molar-refractivity contribution >= 4 is 17.5 Å². The van der Waals surface area contributed by atoms with Crippen molar-refractivity contribution in [1.29, 1.82) is 0 Å². The molecule has 0 spiro atoms. The molecule has 2 aromatic carbocycles. The number of benzene rings is 2. The maximum absolute atomic E-state index is 13.9. The SMILES string of the molecule is COc1ccc(CC(=O)N[C@H]2CCN(c3ccccc3F)C2=O)cc1. The normalized spacial score (nSPS) is 16.8. The molecule has 0 aromatic heterocycles. The van der Waals surface area contributed by atoms with Gasteiger partial charge in [-0.15, -0.1) is 0 Å². The van der Waals surface area contributed by atoms with Crippen LogP contribution in [-0.4, -0.2) is 31.5 Å². The Labute approximate surface area is 145 Å². The molecule has 0 unspecified atom stereocenters. The van der Waals surface area contributed by atoms with Crippen molar-refractivity contribution in [3.8, 4) is 5.75 Å². The molecule has 0 aliphatic carbocycles. The summed E-state index contributed by atoms with van der Waals surface area (Å²) in [6, 6.07) is 12.7. The number of para-hydroxylation sites is 1. The van der Waals surface area contributed by atoms with Gasteiger partial charge in [-0.1, -0.05) is 24.3 Å². The molecule has 2 amide bonds. The summed E-state index contributed by atoms with van der Waals surface area (Å²) in [6.45, 7) is 0.382. The first kappa shape index (κ1) is 17.0. The zero-order valence-corrected chi connectivity index (χ0v) is 13.9. The molecule has 25 heavy (non-hydrogen) atoms. The number of rotatable bonds is 5. The van der Waals surface area contributed by atoms with E-state index in [0.717, 1.165) is 11.3 Å². The highest BCUT2D eigenvalue weighted by molar-refractivity contribution is 6.01. The maximum Gasteiger partial charge on any atom is 0.249 e. The number of amides is 2. The number of ether oxygens (including phenoxy) is 1. The number of carbonyl (C=O) groups excluding carboxylic acids is 2. The van der Waals surface area contributed by atoms with E-state index < -0.39 is 11.9 Å². The van der Waals surface area contributed by atoms with Crippen LogP contribution in [-0.2, 0) is 16.0 Å². The standard InChI is InChI=1S/C19H19FN2O3/c1-25-14-8-6-13(7-9-14)12-18(23)21-16-10-11-22(19(16)24)17-5-3-2-4-15(17)20/h2-9,16H,10-12H2,1H3,(H,21,23)/t16-/m0/s1. The molecular weight excluding hydrogens is 323 g/mol. The van der Waals surface area contributed by atoms with E-state index in [1.807, 2.05) is 0 Å². The summed E-state index contributed by atoms with van der Waals surface area (Å²) in [4.78, 5) is 26.0. The minimum atomic E-state index is -0.620. The molecule has 1 aliphatic rings. The summed E-state index contributed by atoms with van der Waals surface area (Å²) in [7, 11) is 1.58. The van der Waals surface area contributed by atoms with Gasteiger partial charge in [-0.2, -0.15) is 0 Å². The number of hydrogen-bond donors (Lipinski definition) is 1. The van der Waals surface area contributed by atoms with Gasteiger partial charge in [-0.25, -0.2) is 4.39 Å². The number of nitrogens with zero attached hydrogens (tertiary/aromatic N) is 1. The molecule has 1 heterocycles. The van der Waals surface area contributed by atoms with E-state index in [0.29, 0.717) is 13.0 Å². The van der Waals surface area contributed by atoms with Crippen LogP contribution in [0.25, 0.3) is 0 Å². The van der Waals surface area contributed by atoms with Gasteiger partial charge in [0.05, 0.1) is 19.2 Å². The topological polar surface area (TPSA) is 58.6 Å². The van der Waals surface area contributed by atoms with Crippen LogP contribution in [0.4, 0.5) is 10.1 Å². The first-order chi connectivity index (χ1) is 12.1. The van der Waals surface area contributed by atoms with Gasteiger partial charge in [-0.3, -0.25) is 9.59 Å². The van der Waals surface area contributed by atoms with Gasteiger partial charge in [0.2, 0.25) is 11.8 Å². The predicted octanol–water partition coefficient (Wildman–Crippen LogP) is 2.30. The number of halogens is 1. The average Bonchev–Trinajstić information content (AvgIpc) is 2.96. The number of methoxy groups -OCH3 is 1. The lowest BCUT2D eigenvalue weighted by Crippen LogP contribution is -2.42. The van der Waals surface area contributed by atoms with Gasteiger partial charge in [0.25, 0.3) is 0 Å². The zero-order chi connectivity index (χ0) is 17.8. The Morgan fingerprint density at radius 3 is 2.64 bits per heavy atom. The third kappa shape index (κ3) is 3.79. The lowest BCUT2D eigenvalue weighted by molar-refractivity contribution is -0.126. The van der Waals surface area contributed by atoms with Crippen molar-refractivity contribution in [2.75, 3.05) is 18.6 Å². The minimum absolute atomic E-state index is 0.174. The Morgan fingerprint density at radius 2 is 1.96 bits per heavy atom. The van der Waals surface area contributed by atoms with E-state index in [1.54, 1.807) is 49.6 Å². The van der Waals surface area contributed by atoms with Crippen LogP contribution in [0.5, 0.6) is 5.75 Å². The van der Waals surface area contributed by atoms with Gasteiger partial charge in [0.15, 0.2) is 0 Å². The van der Waals surface area contributed by atoms with E-state index in [2.05, 4.69) is 5.32 Å². The largest absolute Gasteiger partial charge is 0.497 e. The first-order valence-electron chi connectivity index (χ1n) is 8.06. The van der Waals surface area contributed by atoms with Crippen LogP contribution in [0.2, 0.25) is 0 Å². The fraction of sp³-hybridized carbons (Fsp3) is 0.263. The number of carbonyl (C=O) groups is 2. The van der Waals surface area contributed by atoms with Crippen molar-refractivity contribution in [2.24, 2.45) is 0 Å². The van der Waals surface area contributed by atoms with E-state index in [9.17, 15) is 14.0 Å². The van der Waals surface area contributed by atoms with Crippen LogP contribution < -0.4 is 15.0 Å². The van der Waals surface area contributed by atoms with Crippen LogP contribution in [0.1, 0.15) is 12.0 Å². The van der Waals surface area contributed by atoms with Crippen LogP contribution in [0.3, 0.4) is 0 Å². The highest BCUT2D eigenvalue weighted by Gasteiger charge is 2.34. The van der Waals surface area contributed by atoms with Crippen molar-refractivity contribution in [3.63, 3.8) is 0 Å². The van der Waals surface area contributed by atoms with Crippen LogP contribution >= 0.6 is 0 Å². The smallest absolute Gasteiger partial charge is 0.249 e. The van der Waals surface area contributed by atoms with E-state index in [4.69, 9.17) is 4.74 Å². The fourth-order valence-electron chi connectivity index (χ4n) is 2.90. The number of hydrogen-bond acceptors (Lipinski definition) is 3. The Kier molecular flexibility index (Phi) is 4.97. The highest BCUT2D eigenvalue weighted by atomic mass is 19.1. The second-order valence-corrected chi connectivity index (χ2v) is 5.87. The van der Waals surface area contributed by atoms with Crippen molar-refractivity contribution in [3.05, 3.63) is 59.9 Å². The average molecular weight is 342 g/mol. The quantitative estimate of drug-likeness (QED) is 0.907. The number of anilines is 1. The summed E-state index contributed by atoms with van der Waals surface area (Å²) in [5, 5.41) is 2.74. The summed E-state index contributed by atoms with van der Waals surface area (Å²) in [6.07, 6.45) is 0.634. The summed E-state index contributed by atoms with van der Waals surface area (Å²) in [5.41, 5.74) is 1.08. The van der Waals surface area contributed by atoms with Crippen LogP contribution in [0.15, 0.2) is 48.5 Å². The number of nitrogens with one attached hydrogen (secondary N) is 1. The van der Waals surface area contributed by atoms with E-state index >= 15 is 0 Å². The van der Waals surface area contributed by atoms with E-state index in [1.165, 1.54) is 11.0 Å². The molecule has 1 N–H and O–H groups in total. The lowest BCUT2D eigenvalue weighted by atomic mass is 10.1. The Balaban J connectivity index is 1.60. The summed E-state index contributed by atoms with van der Waals surface area (Å²) >= 11 is 0. The third-order valence-corrected chi connectivity index (χ3v) is 4.21. The monoisotopic (exact) mass is 342 g/mol. The molecule has 0 bridgehead atoms. The molecule has 5 nitrogen and oxygen atoms in total. The predicted molar refractivity (Wildman–Crippen MR) is 92.0 cm³/mol. The zero-order valence-electron chi connectivity index (χ0n) is 13.9. The maximum atomic E-state index is 13.9. The molecule has 6 heteroatoms. The van der Waals surface area contributed by atoms with Crippen molar-refractivity contribution in [2.45, 2.75) is 18.9 Å². The Bertz CT molecular complexity index is 776. The van der Waals surface area contributed by atoms with Gasteiger partial charge in [-0.05, 0) is 36.2 Å². The molecule has 1 saturated heterocycles. The van der Waals surface area contributed by atoms with Gasteiger partial charge < -0.3 is 15.0 Å². The van der Waals surface area contributed by atoms with Crippen molar-refractivity contribution in [1.82, 2.24) is 5.32 Å². The third-order valence-electron chi connectivity index (χ3n) is 4.21. The fourth-order valence-corrected chi connectivity index (χ4v) is 2.90. The van der Waals surface area contributed by atoms with Crippen LogP contribution in [0, 0.1) is 5.82 Å². The summed E-state index contributed by atoms with van der Waals surface area (Å²) < 4.78 is 18.9. The highest BCUT2D eigenvalue weighted by Crippen LogP contribution is 2.24. The molecule has 0 radical (unpaired) electrons. The van der Waals surface area contributed by atoms with E-state index in [-0.39, 0.29) is 23.9 Å². The molecule has 1 aliphatic heterocycles. The van der Waals surface area contributed by atoms with Gasteiger partial charge in [0, 0.05) is 6.54 Å². The second kappa shape index (κ2) is 7.34. The molecule has 3 rings (SSSR count). The first-order valence-corrected chi connectivity index (χ1v) is 8.06.